The van der Waals surface area contributed by atoms with Gasteiger partial charge < -0.3 is 0 Å². The Bertz CT molecular complexity index is 568. The molecule has 0 aliphatic rings. The van der Waals surface area contributed by atoms with Crippen LogP contribution in [-0.2, 0) is 0 Å². The summed E-state index contributed by atoms with van der Waals surface area (Å²) in [5.41, 5.74) is 10.8. The molecule has 0 heterocycles. The van der Waals surface area contributed by atoms with Crippen molar-refractivity contribution in [1.29, 1.82) is 5.53 Å². The monoisotopic (exact) mass is 396 g/mol. The van der Waals surface area contributed by atoms with Crippen molar-refractivity contribution in [3.63, 3.8) is 0 Å². The Balaban J connectivity index is 2.38. The molecular formula is C13H10Br2N4O. The molecule has 0 saturated carbocycles. The molecule has 102 valence electrons. The van der Waals surface area contributed by atoms with Gasteiger partial charge in [-0.05, 0) is 48.5 Å². The topological polar surface area (TPSA) is 68.5 Å². The van der Waals surface area contributed by atoms with Crippen LogP contribution < -0.4 is 10.4 Å². The molecule has 2 rings (SSSR count). The van der Waals surface area contributed by atoms with Crippen molar-refractivity contribution < 1.29 is 4.79 Å². The zero-order valence-electron chi connectivity index (χ0n) is 10.2. The normalized spacial score (nSPS) is 9.90. The lowest BCUT2D eigenvalue weighted by molar-refractivity contribution is 0.247. The van der Waals surface area contributed by atoms with Crippen LogP contribution in [0, 0.1) is 5.53 Å². The molecule has 2 N–H and O–H groups in total. The number of rotatable bonds is 3. The number of carbonyl (C=O) groups excluding carboxylic acids is 1. The Morgan fingerprint density at radius 1 is 0.950 bits per heavy atom. The number of amides is 2. The molecule has 0 aliphatic heterocycles. The Kier molecular flexibility index (Phi) is 4.86. The van der Waals surface area contributed by atoms with Gasteiger partial charge in [-0.2, -0.15) is 5.53 Å². The van der Waals surface area contributed by atoms with Crippen LogP contribution in [0.25, 0.3) is 0 Å². The van der Waals surface area contributed by atoms with Gasteiger partial charge in [-0.25, -0.2) is 10.2 Å². The van der Waals surface area contributed by atoms with Gasteiger partial charge in [0.25, 0.3) is 0 Å². The lowest BCUT2D eigenvalue weighted by Crippen LogP contribution is -2.36. The van der Waals surface area contributed by atoms with Gasteiger partial charge in [0.2, 0.25) is 0 Å². The number of urea groups is 1. The molecule has 2 amide bonds. The summed E-state index contributed by atoms with van der Waals surface area (Å²) in [6.07, 6.45) is 0. The van der Waals surface area contributed by atoms with Crippen LogP contribution in [0.4, 0.5) is 16.2 Å². The number of nitrogens with zero attached hydrogens (tertiary/aromatic N) is 2. The van der Waals surface area contributed by atoms with Crippen LogP contribution >= 0.6 is 31.9 Å². The highest BCUT2D eigenvalue weighted by atomic mass is 79.9. The summed E-state index contributed by atoms with van der Waals surface area (Å²) in [4.78, 5) is 11.4. The second kappa shape index (κ2) is 6.62. The summed E-state index contributed by atoms with van der Waals surface area (Å²) >= 11 is 6.73. The Morgan fingerprint density at radius 2 is 1.35 bits per heavy atom. The number of carbonyl (C=O) groups is 1. The van der Waals surface area contributed by atoms with Crippen molar-refractivity contribution in [2.75, 3.05) is 5.01 Å². The summed E-state index contributed by atoms with van der Waals surface area (Å²) in [5, 5.41) is 4.42. The second-order valence-corrected chi connectivity index (χ2v) is 5.65. The largest absolute Gasteiger partial charge is 0.378 e. The number of hydrogen-bond donors (Lipinski definition) is 2. The Labute approximate surface area is 132 Å². The fourth-order valence-corrected chi connectivity index (χ4v) is 2.11. The number of hydrazine groups is 1. The third-order valence-corrected chi connectivity index (χ3v) is 3.54. The first kappa shape index (κ1) is 14.7. The molecule has 0 unspecified atom stereocenters. The summed E-state index contributed by atoms with van der Waals surface area (Å²) in [6, 6.07) is 14.1. The van der Waals surface area contributed by atoms with E-state index >= 15 is 0 Å². The van der Waals surface area contributed by atoms with Gasteiger partial charge >= 0.3 is 6.03 Å². The lowest BCUT2D eigenvalue weighted by Gasteiger charge is -2.24. The maximum absolute atomic E-state index is 11.4. The first-order valence-electron chi connectivity index (χ1n) is 5.59. The van der Waals surface area contributed by atoms with Gasteiger partial charge in [0.1, 0.15) is 0 Å². The first-order chi connectivity index (χ1) is 9.60. The van der Waals surface area contributed by atoms with Crippen molar-refractivity contribution in [3.8, 4) is 0 Å². The molecule has 0 radical (unpaired) electrons. The molecule has 0 aromatic heterocycles. The van der Waals surface area contributed by atoms with Crippen molar-refractivity contribution in [1.82, 2.24) is 5.43 Å². The molecule has 0 fully saturated rings. The zero-order valence-corrected chi connectivity index (χ0v) is 13.3. The Morgan fingerprint density at radius 3 is 1.70 bits per heavy atom. The molecule has 0 bridgehead atoms. The average Bonchev–Trinajstić information content (AvgIpc) is 2.46. The molecule has 5 nitrogen and oxygen atoms in total. The summed E-state index contributed by atoms with van der Waals surface area (Å²) in [6.45, 7) is 0. The minimum absolute atomic E-state index is 0.740. The van der Waals surface area contributed by atoms with Gasteiger partial charge in [0.15, 0.2) is 0 Å². The van der Waals surface area contributed by atoms with Gasteiger partial charge in [0.05, 0.1) is 11.4 Å². The minimum Gasteiger partial charge on any atom is -0.252 e. The van der Waals surface area contributed by atoms with Gasteiger partial charge in [-0.1, -0.05) is 37.0 Å². The van der Waals surface area contributed by atoms with Gasteiger partial charge in [-0.3, -0.25) is 5.01 Å². The third kappa shape index (κ3) is 3.64. The van der Waals surface area contributed by atoms with E-state index in [0.29, 0.717) is 0 Å². The fourth-order valence-electron chi connectivity index (χ4n) is 1.58. The summed E-state index contributed by atoms with van der Waals surface area (Å²) in [5.74, 6) is 0. The molecule has 2 aromatic rings. The SMILES string of the molecule is N=NC(=O)NN(c1ccc(Br)cc1)c1ccc(Br)cc1. The van der Waals surface area contributed by atoms with E-state index in [1.54, 1.807) is 5.01 Å². The molecule has 7 heteroatoms. The van der Waals surface area contributed by atoms with E-state index in [-0.39, 0.29) is 0 Å². The third-order valence-electron chi connectivity index (χ3n) is 2.48. The van der Waals surface area contributed by atoms with E-state index in [9.17, 15) is 4.79 Å². The van der Waals surface area contributed by atoms with Gasteiger partial charge in [-0.15, -0.1) is 0 Å². The maximum Gasteiger partial charge on any atom is 0.378 e. The molecular weight excluding hydrogens is 388 g/mol. The average molecular weight is 398 g/mol. The summed E-state index contributed by atoms with van der Waals surface area (Å²) in [7, 11) is 0. The quantitative estimate of drug-likeness (QED) is 0.564. The molecule has 0 spiro atoms. The van der Waals surface area contributed by atoms with E-state index in [4.69, 9.17) is 5.53 Å². The van der Waals surface area contributed by atoms with Crippen LogP contribution in [-0.4, -0.2) is 6.03 Å². The smallest absolute Gasteiger partial charge is 0.252 e. The first-order valence-corrected chi connectivity index (χ1v) is 7.18. The van der Waals surface area contributed by atoms with Crippen molar-refractivity contribution in [2.45, 2.75) is 0 Å². The Hall–Kier alpha value is -1.73. The van der Waals surface area contributed by atoms with Crippen LogP contribution in [0.1, 0.15) is 0 Å². The highest BCUT2D eigenvalue weighted by Gasteiger charge is 2.12. The van der Waals surface area contributed by atoms with E-state index in [0.717, 1.165) is 20.3 Å². The molecule has 2 aromatic carbocycles. The predicted molar refractivity (Wildman–Crippen MR) is 84.1 cm³/mol. The lowest BCUT2D eigenvalue weighted by atomic mass is 10.2. The summed E-state index contributed by atoms with van der Waals surface area (Å²) < 4.78 is 1.88. The highest BCUT2D eigenvalue weighted by molar-refractivity contribution is 9.10. The van der Waals surface area contributed by atoms with Crippen LogP contribution in [0.3, 0.4) is 0 Å². The van der Waals surface area contributed by atoms with E-state index in [1.165, 1.54) is 0 Å². The second-order valence-electron chi connectivity index (χ2n) is 3.82. The van der Waals surface area contributed by atoms with Crippen molar-refractivity contribution >= 4 is 49.3 Å². The standard InChI is InChI=1S/C13H10Br2N4O/c14-9-1-5-11(6-2-9)19(18-13(20)17-16)12-7-3-10(15)4-8-12/h1-8,16H,(H,18,20). The minimum atomic E-state index is -0.740. The van der Waals surface area contributed by atoms with Crippen LogP contribution in [0.5, 0.6) is 0 Å². The van der Waals surface area contributed by atoms with E-state index in [1.807, 2.05) is 48.5 Å². The van der Waals surface area contributed by atoms with E-state index in [2.05, 4.69) is 42.4 Å². The van der Waals surface area contributed by atoms with Crippen LogP contribution in [0.15, 0.2) is 62.6 Å². The maximum atomic E-state index is 11.4. The highest BCUT2D eigenvalue weighted by Crippen LogP contribution is 2.26. The van der Waals surface area contributed by atoms with Crippen LogP contribution in [0.2, 0.25) is 0 Å². The molecule has 0 saturated heterocycles. The predicted octanol–water partition coefficient (Wildman–Crippen LogP) is 5.01. The number of benzene rings is 2. The number of halogens is 2. The number of anilines is 2. The van der Waals surface area contributed by atoms with Crippen molar-refractivity contribution in [3.05, 3.63) is 57.5 Å². The van der Waals surface area contributed by atoms with Crippen molar-refractivity contribution in [2.24, 2.45) is 5.11 Å². The fraction of sp³-hybridized carbons (Fsp3) is 0. The molecule has 0 atom stereocenters. The number of nitrogens with one attached hydrogen (secondary N) is 2. The molecule has 20 heavy (non-hydrogen) atoms. The number of hydrogen-bond acceptors (Lipinski definition) is 3. The van der Waals surface area contributed by atoms with E-state index < -0.39 is 6.03 Å². The molecule has 0 aliphatic carbocycles. The van der Waals surface area contributed by atoms with Gasteiger partial charge in [0, 0.05) is 8.95 Å². The zero-order chi connectivity index (χ0) is 14.5.